The van der Waals surface area contributed by atoms with Gasteiger partial charge in [-0.2, -0.15) is 0 Å². The Morgan fingerprint density at radius 3 is 2.46 bits per heavy atom. The molecule has 0 aromatic rings. The third-order valence-electron chi connectivity index (χ3n) is 1.52. The molecule has 13 heavy (non-hydrogen) atoms. The summed E-state index contributed by atoms with van der Waals surface area (Å²) in [5.41, 5.74) is 0. The normalized spacial score (nSPS) is 9.69. The molecule has 0 spiro atoms. The standard InChI is InChI=1S/C8H16N2O3/c1-10(2)7(11)4-3-5-9-6-8(12)13/h9H,3-6H2,1-2H3,(H,12,13). The van der Waals surface area contributed by atoms with Gasteiger partial charge in [-0.05, 0) is 13.0 Å². The maximum Gasteiger partial charge on any atom is 0.317 e. The third-order valence-corrected chi connectivity index (χ3v) is 1.52. The van der Waals surface area contributed by atoms with Crippen LogP contribution in [0.15, 0.2) is 0 Å². The van der Waals surface area contributed by atoms with E-state index in [1.807, 2.05) is 0 Å². The Hall–Kier alpha value is -1.10. The number of amides is 1. The number of carbonyl (C=O) groups excluding carboxylic acids is 1. The molecule has 0 aromatic carbocycles. The maximum absolute atomic E-state index is 11.0. The average Bonchev–Trinajstić information content (AvgIpc) is 2.02. The van der Waals surface area contributed by atoms with Gasteiger partial charge in [0.15, 0.2) is 0 Å². The Bertz CT molecular complexity index is 180. The number of nitrogens with one attached hydrogen (secondary N) is 1. The first kappa shape index (κ1) is 11.9. The highest BCUT2D eigenvalue weighted by molar-refractivity contribution is 5.75. The summed E-state index contributed by atoms with van der Waals surface area (Å²) in [6.07, 6.45) is 1.13. The van der Waals surface area contributed by atoms with E-state index in [-0.39, 0.29) is 12.5 Å². The predicted molar refractivity (Wildman–Crippen MR) is 48.4 cm³/mol. The van der Waals surface area contributed by atoms with Gasteiger partial charge < -0.3 is 15.3 Å². The summed E-state index contributed by atoms with van der Waals surface area (Å²) < 4.78 is 0. The van der Waals surface area contributed by atoms with Crippen molar-refractivity contribution in [1.82, 2.24) is 10.2 Å². The molecule has 0 radical (unpaired) electrons. The summed E-state index contributed by atoms with van der Waals surface area (Å²) in [6, 6.07) is 0. The van der Waals surface area contributed by atoms with Crippen LogP contribution in [-0.2, 0) is 9.59 Å². The van der Waals surface area contributed by atoms with Crippen LogP contribution in [0.3, 0.4) is 0 Å². The van der Waals surface area contributed by atoms with Crippen LogP contribution < -0.4 is 5.32 Å². The SMILES string of the molecule is CN(C)C(=O)CCCNCC(=O)O. The number of hydrogen-bond donors (Lipinski definition) is 2. The molecule has 0 bridgehead atoms. The van der Waals surface area contributed by atoms with Crippen molar-refractivity contribution in [3.63, 3.8) is 0 Å². The summed E-state index contributed by atoms with van der Waals surface area (Å²) in [5.74, 6) is -0.809. The van der Waals surface area contributed by atoms with Gasteiger partial charge >= 0.3 is 5.97 Å². The van der Waals surface area contributed by atoms with Gasteiger partial charge in [0.2, 0.25) is 5.91 Å². The molecule has 5 heteroatoms. The number of carboxylic acids is 1. The highest BCUT2D eigenvalue weighted by Crippen LogP contribution is 1.91. The minimum absolute atomic E-state index is 0.0455. The van der Waals surface area contributed by atoms with E-state index >= 15 is 0 Å². The van der Waals surface area contributed by atoms with E-state index in [0.717, 1.165) is 0 Å². The highest BCUT2D eigenvalue weighted by atomic mass is 16.4. The number of carboxylic acid groups (broad SMARTS) is 1. The van der Waals surface area contributed by atoms with Crippen molar-refractivity contribution in [3.8, 4) is 0 Å². The molecule has 5 nitrogen and oxygen atoms in total. The van der Waals surface area contributed by atoms with Gasteiger partial charge in [-0.25, -0.2) is 0 Å². The smallest absolute Gasteiger partial charge is 0.317 e. The number of hydrogen-bond acceptors (Lipinski definition) is 3. The first-order valence-electron chi connectivity index (χ1n) is 4.16. The lowest BCUT2D eigenvalue weighted by Crippen LogP contribution is -2.26. The molecule has 0 fully saturated rings. The van der Waals surface area contributed by atoms with Crippen LogP contribution in [0, 0.1) is 0 Å². The first-order chi connectivity index (χ1) is 6.04. The molecule has 0 saturated heterocycles. The molecule has 0 saturated carbocycles. The lowest BCUT2D eigenvalue weighted by Gasteiger charge is -2.09. The van der Waals surface area contributed by atoms with E-state index in [1.54, 1.807) is 14.1 Å². The average molecular weight is 188 g/mol. The van der Waals surface area contributed by atoms with Crippen molar-refractivity contribution in [1.29, 1.82) is 0 Å². The number of nitrogens with zero attached hydrogens (tertiary/aromatic N) is 1. The minimum atomic E-state index is -0.876. The van der Waals surface area contributed by atoms with Crippen LogP contribution in [0.1, 0.15) is 12.8 Å². The number of aliphatic carboxylic acids is 1. The summed E-state index contributed by atoms with van der Waals surface area (Å²) in [6.45, 7) is 0.516. The van der Waals surface area contributed by atoms with Gasteiger partial charge in [0, 0.05) is 20.5 Å². The molecule has 0 heterocycles. The van der Waals surface area contributed by atoms with Crippen molar-refractivity contribution in [2.75, 3.05) is 27.2 Å². The quantitative estimate of drug-likeness (QED) is 0.553. The van der Waals surface area contributed by atoms with Crippen molar-refractivity contribution in [3.05, 3.63) is 0 Å². The molecular formula is C8H16N2O3. The zero-order valence-electron chi connectivity index (χ0n) is 8.04. The predicted octanol–water partition coefficient (Wildman–Crippen LogP) is -0.471. The minimum Gasteiger partial charge on any atom is -0.480 e. The maximum atomic E-state index is 11.0. The van der Waals surface area contributed by atoms with Gasteiger partial charge in [-0.15, -0.1) is 0 Å². The lowest BCUT2D eigenvalue weighted by atomic mass is 10.3. The van der Waals surface area contributed by atoms with Gasteiger partial charge in [0.05, 0.1) is 6.54 Å². The van der Waals surface area contributed by atoms with Crippen molar-refractivity contribution in [2.24, 2.45) is 0 Å². The number of carbonyl (C=O) groups is 2. The second-order valence-electron chi connectivity index (χ2n) is 2.96. The van der Waals surface area contributed by atoms with Gasteiger partial charge in [0.25, 0.3) is 0 Å². The lowest BCUT2D eigenvalue weighted by molar-refractivity contribution is -0.135. The van der Waals surface area contributed by atoms with Crippen LogP contribution in [0.2, 0.25) is 0 Å². The highest BCUT2D eigenvalue weighted by Gasteiger charge is 2.02. The van der Waals surface area contributed by atoms with Gasteiger partial charge in [0.1, 0.15) is 0 Å². The van der Waals surface area contributed by atoms with Gasteiger partial charge in [-0.3, -0.25) is 9.59 Å². The zero-order valence-corrected chi connectivity index (χ0v) is 8.04. The molecule has 0 rings (SSSR count). The molecule has 0 atom stereocenters. The topological polar surface area (TPSA) is 69.6 Å². The fourth-order valence-electron chi connectivity index (χ4n) is 0.784. The Kier molecular flexibility index (Phi) is 5.88. The molecular weight excluding hydrogens is 172 g/mol. The molecule has 0 aliphatic carbocycles. The van der Waals surface area contributed by atoms with Crippen molar-refractivity contribution in [2.45, 2.75) is 12.8 Å². The fourth-order valence-corrected chi connectivity index (χ4v) is 0.784. The van der Waals surface area contributed by atoms with E-state index in [1.165, 1.54) is 4.90 Å². The zero-order chi connectivity index (χ0) is 10.3. The monoisotopic (exact) mass is 188 g/mol. The van der Waals surface area contributed by atoms with Crippen molar-refractivity contribution >= 4 is 11.9 Å². The van der Waals surface area contributed by atoms with Crippen LogP contribution in [0.4, 0.5) is 0 Å². The number of rotatable bonds is 6. The van der Waals surface area contributed by atoms with Crippen LogP contribution >= 0.6 is 0 Å². The van der Waals surface area contributed by atoms with Crippen molar-refractivity contribution < 1.29 is 14.7 Å². The Labute approximate surface area is 77.7 Å². The Morgan fingerprint density at radius 2 is 2.00 bits per heavy atom. The van der Waals surface area contributed by atoms with Crippen LogP contribution in [0.5, 0.6) is 0 Å². The first-order valence-corrected chi connectivity index (χ1v) is 4.16. The molecule has 0 aliphatic heterocycles. The fraction of sp³-hybridized carbons (Fsp3) is 0.750. The van der Waals surface area contributed by atoms with E-state index in [0.29, 0.717) is 19.4 Å². The molecule has 76 valence electrons. The Morgan fingerprint density at radius 1 is 1.38 bits per heavy atom. The Balaban J connectivity index is 3.26. The molecule has 0 aromatic heterocycles. The molecule has 0 aliphatic rings. The van der Waals surface area contributed by atoms with E-state index in [9.17, 15) is 9.59 Å². The van der Waals surface area contributed by atoms with E-state index in [2.05, 4.69) is 5.32 Å². The summed E-state index contributed by atoms with van der Waals surface area (Å²) >= 11 is 0. The second-order valence-corrected chi connectivity index (χ2v) is 2.96. The van der Waals surface area contributed by atoms with Crippen LogP contribution in [0.25, 0.3) is 0 Å². The molecule has 0 unspecified atom stereocenters. The summed E-state index contributed by atoms with van der Waals surface area (Å²) in [5, 5.41) is 11.0. The summed E-state index contributed by atoms with van der Waals surface area (Å²) in [4.78, 5) is 22.6. The molecule has 2 N–H and O–H groups in total. The van der Waals surface area contributed by atoms with Gasteiger partial charge in [-0.1, -0.05) is 0 Å². The van der Waals surface area contributed by atoms with Crippen LogP contribution in [-0.4, -0.2) is 49.1 Å². The largest absolute Gasteiger partial charge is 0.480 e. The van der Waals surface area contributed by atoms with E-state index < -0.39 is 5.97 Å². The molecule has 1 amide bonds. The second kappa shape index (κ2) is 6.42. The summed E-state index contributed by atoms with van der Waals surface area (Å²) in [7, 11) is 3.40. The third kappa shape index (κ3) is 7.27. The van der Waals surface area contributed by atoms with E-state index in [4.69, 9.17) is 5.11 Å².